The van der Waals surface area contributed by atoms with Crippen molar-refractivity contribution in [2.75, 3.05) is 32.1 Å². The Labute approximate surface area is 113 Å². The average molecular weight is 263 g/mol. The van der Waals surface area contributed by atoms with Gasteiger partial charge >= 0.3 is 6.03 Å². The maximum absolute atomic E-state index is 12.3. The minimum absolute atomic E-state index is 0.0514. The van der Waals surface area contributed by atoms with E-state index in [2.05, 4.69) is 10.6 Å². The second kappa shape index (κ2) is 6.43. The lowest BCUT2D eigenvalue weighted by atomic mass is 10.2. The molecule has 0 aliphatic carbocycles. The van der Waals surface area contributed by atoms with Crippen LogP contribution in [0.4, 0.5) is 10.5 Å². The van der Waals surface area contributed by atoms with E-state index in [4.69, 9.17) is 4.74 Å². The predicted molar refractivity (Wildman–Crippen MR) is 75.7 cm³/mol. The van der Waals surface area contributed by atoms with Crippen molar-refractivity contribution < 1.29 is 9.53 Å². The first-order valence-corrected chi connectivity index (χ1v) is 6.67. The normalized spacial score (nSPS) is 18.1. The van der Waals surface area contributed by atoms with Crippen molar-refractivity contribution in [1.82, 2.24) is 10.2 Å². The Kier molecular flexibility index (Phi) is 4.63. The third-order valence-corrected chi connectivity index (χ3v) is 3.40. The van der Waals surface area contributed by atoms with Gasteiger partial charge in [0.25, 0.3) is 0 Å². The summed E-state index contributed by atoms with van der Waals surface area (Å²) < 4.78 is 5.15. The summed E-state index contributed by atoms with van der Waals surface area (Å²) in [5.41, 5.74) is 0.758. The lowest BCUT2D eigenvalue weighted by Gasteiger charge is -2.27. The third-order valence-electron chi connectivity index (χ3n) is 3.40. The molecule has 1 saturated heterocycles. The summed E-state index contributed by atoms with van der Waals surface area (Å²) in [5.74, 6) is 0.739. The molecule has 0 bridgehead atoms. The fourth-order valence-corrected chi connectivity index (χ4v) is 2.37. The molecule has 1 unspecified atom stereocenters. The zero-order valence-corrected chi connectivity index (χ0v) is 11.5. The van der Waals surface area contributed by atoms with Gasteiger partial charge in [-0.2, -0.15) is 0 Å². The average Bonchev–Trinajstić information content (AvgIpc) is 2.93. The van der Waals surface area contributed by atoms with Crippen LogP contribution in [0.3, 0.4) is 0 Å². The number of rotatable bonds is 4. The van der Waals surface area contributed by atoms with Crippen LogP contribution in [-0.2, 0) is 0 Å². The standard InChI is InChI=1S/C14H21N3O2/c1-3-17(12-7-8-15-10-12)14(18)16-11-5-4-6-13(9-11)19-2/h4-6,9,12,15H,3,7-8,10H2,1-2H3,(H,16,18). The second-order valence-electron chi connectivity index (χ2n) is 4.59. The molecular weight excluding hydrogens is 242 g/mol. The van der Waals surface area contributed by atoms with Crippen molar-refractivity contribution in [3.8, 4) is 5.75 Å². The molecule has 1 atom stereocenters. The van der Waals surface area contributed by atoms with E-state index >= 15 is 0 Å². The molecule has 0 radical (unpaired) electrons. The number of hydrogen-bond acceptors (Lipinski definition) is 3. The van der Waals surface area contributed by atoms with Crippen molar-refractivity contribution >= 4 is 11.7 Å². The van der Waals surface area contributed by atoms with Crippen LogP contribution in [-0.4, -0.2) is 43.7 Å². The lowest BCUT2D eigenvalue weighted by Crippen LogP contribution is -2.43. The largest absolute Gasteiger partial charge is 0.497 e. The van der Waals surface area contributed by atoms with E-state index in [1.54, 1.807) is 7.11 Å². The lowest BCUT2D eigenvalue weighted by molar-refractivity contribution is 0.196. The number of nitrogens with one attached hydrogen (secondary N) is 2. The van der Waals surface area contributed by atoms with Crippen molar-refractivity contribution in [1.29, 1.82) is 0 Å². The van der Waals surface area contributed by atoms with E-state index in [1.165, 1.54) is 0 Å². The van der Waals surface area contributed by atoms with Crippen LogP contribution in [0.2, 0.25) is 0 Å². The molecule has 0 saturated carbocycles. The fourth-order valence-electron chi connectivity index (χ4n) is 2.37. The molecule has 5 nitrogen and oxygen atoms in total. The summed E-state index contributed by atoms with van der Waals surface area (Å²) in [4.78, 5) is 14.2. The van der Waals surface area contributed by atoms with Crippen molar-refractivity contribution in [2.24, 2.45) is 0 Å². The summed E-state index contributed by atoms with van der Waals surface area (Å²) in [5, 5.41) is 6.21. The number of carbonyl (C=O) groups excluding carboxylic acids is 1. The van der Waals surface area contributed by atoms with E-state index in [1.807, 2.05) is 36.1 Å². The Morgan fingerprint density at radius 2 is 2.42 bits per heavy atom. The molecule has 1 aliphatic rings. The highest BCUT2D eigenvalue weighted by Gasteiger charge is 2.25. The molecule has 19 heavy (non-hydrogen) atoms. The first-order valence-electron chi connectivity index (χ1n) is 6.67. The van der Waals surface area contributed by atoms with Gasteiger partial charge in [-0.15, -0.1) is 0 Å². The van der Waals surface area contributed by atoms with Crippen molar-refractivity contribution in [3.05, 3.63) is 24.3 Å². The molecule has 0 spiro atoms. The van der Waals surface area contributed by atoms with Crippen LogP contribution in [0.15, 0.2) is 24.3 Å². The highest BCUT2D eigenvalue weighted by Crippen LogP contribution is 2.18. The van der Waals surface area contributed by atoms with Crippen LogP contribution in [0, 0.1) is 0 Å². The van der Waals surface area contributed by atoms with E-state index < -0.39 is 0 Å². The minimum Gasteiger partial charge on any atom is -0.497 e. The number of ether oxygens (including phenoxy) is 1. The van der Waals surface area contributed by atoms with Gasteiger partial charge in [0.1, 0.15) is 5.75 Å². The summed E-state index contributed by atoms with van der Waals surface area (Å²) in [6.45, 7) is 4.57. The van der Waals surface area contributed by atoms with Gasteiger partial charge < -0.3 is 20.3 Å². The zero-order valence-electron chi connectivity index (χ0n) is 11.5. The summed E-state index contributed by atoms with van der Waals surface area (Å²) >= 11 is 0. The van der Waals surface area contributed by atoms with Gasteiger partial charge in [0.2, 0.25) is 0 Å². The SMILES string of the molecule is CCN(C(=O)Nc1cccc(OC)c1)C1CCNC1. The number of methoxy groups -OCH3 is 1. The molecular formula is C14H21N3O2. The quantitative estimate of drug-likeness (QED) is 0.872. The molecule has 1 aromatic carbocycles. The van der Waals surface area contributed by atoms with Crippen molar-refractivity contribution in [3.63, 3.8) is 0 Å². The van der Waals surface area contributed by atoms with Gasteiger partial charge in [-0.05, 0) is 32.0 Å². The molecule has 104 valence electrons. The van der Waals surface area contributed by atoms with E-state index in [-0.39, 0.29) is 12.1 Å². The Bertz CT molecular complexity index is 430. The molecule has 1 heterocycles. The molecule has 1 aromatic rings. The van der Waals surface area contributed by atoms with Crippen LogP contribution < -0.4 is 15.4 Å². The maximum atomic E-state index is 12.3. The third kappa shape index (κ3) is 3.38. The van der Waals surface area contributed by atoms with Gasteiger partial charge in [-0.1, -0.05) is 6.07 Å². The van der Waals surface area contributed by atoms with Crippen molar-refractivity contribution in [2.45, 2.75) is 19.4 Å². The van der Waals surface area contributed by atoms with E-state index in [9.17, 15) is 4.79 Å². The van der Waals surface area contributed by atoms with Crippen LogP contribution in [0.5, 0.6) is 5.75 Å². The molecule has 0 aromatic heterocycles. The highest BCUT2D eigenvalue weighted by atomic mass is 16.5. The Morgan fingerprint density at radius 3 is 3.05 bits per heavy atom. The molecule has 2 N–H and O–H groups in total. The predicted octanol–water partition coefficient (Wildman–Crippen LogP) is 1.91. The smallest absolute Gasteiger partial charge is 0.322 e. The Morgan fingerprint density at radius 1 is 1.58 bits per heavy atom. The van der Waals surface area contributed by atoms with Crippen LogP contribution in [0.1, 0.15) is 13.3 Å². The molecule has 1 fully saturated rings. The zero-order chi connectivity index (χ0) is 13.7. The molecule has 1 aliphatic heterocycles. The number of hydrogen-bond donors (Lipinski definition) is 2. The summed E-state index contributed by atoms with van der Waals surface area (Å²) in [6, 6.07) is 7.63. The van der Waals surface area contributed by atoms with E-state index in [0.717, 1.165) is 30.9 Å². The number of anilines is 1. The number of benzene rings is 1. The van der Waals surface area contributed by atoms with Gasteiger partial charge in [0.15, 0.2) is 0 Å². The van der Waals surface area contributed by atoms with Gasteiger partial charge in [-0.3, -0.25) is 0 Å². The van der Waals surface area contributed by atoms with Gasteiger partial charge in [-0.25, -0.2) is 4.79 Å². The molecule has 2 amide bonds. The van der Waals surface area contributed by atoms with Gasteiger partial charge in [0.05, 0.1) is 7.11 Å². The number of urea groups is 1. The van der Waals surface area contributed by atoms with Gasteiger partial charge in [0, 0.05) is 30.9 Å². The number of amides is 2. The monoisotopic (exact) mass is 263 g/mol. The first kappa shape index (κ1) is 13.7. The topological polar surface area (TPSA) is 53.6 Å². The number of nitrogens with zero attached hydrogens (tertiary/aromatic N) is 1. The molecule has 5 heteroatoms. The summed E-state index contributed by atoms with van der Waals surface area (Å²) in [7, 11) is 1.61. The number of likely N-dealkylation sites (N-methyl/N-ethyl adjacent to an activating group) is 1. The fraction of sp³-hybridized carbons (Fsp3) is 0.500. The van der Waals surface area contributed by atoms with Crippen LogP contribution >= 0.6 is 0 Å². The first-order chi connectivity index (χ1) is 9.24. The van der Waals surface area contributed by atoms with E-state index in [0.29, 0.717) is 6.54 Å². The second-order valence-corrected chi connectivity index (χ2v) is 4.59. The summed E-state index contributed by atoms with van der Waals surface area (Å²) in [6.07, 6.45) is 1.01. The number of carbonyl (C=O) groups is 1. The Balaban J connectivity index is 2.01. The maximum Gasteiger partial charge on any atom is 0.322 e. The highest BCUT2D eigenvalue weighted by molar-refractivity contribution is 5.89. The van der Waals surface area contributed by atoms with Crippen LogP contribution in [0.25, 0.3) is 0 Å². The minimum atomic E-state index is -0.0514. The molecule has 2 rings (SSSR count). The Hall–Kier alpha value is -1.75.